The molecule has 0 aliphatic carbocycles. The molecule has 8 aromatic rings. The highest BCUT2D eigenvalue weighted by molar-refractivity contribution is 5.80. The van der Waals surface area contributed by atoms with Crippen molar-refractivity contribution in [3.8, 4) is 0 Å². The summed E-state index contributed by atoms with van der Waals surface area (Å²) in [7, 11) is 0. The van der Waals surface area contributed by atoms with Gasteiger partial charge in [0.05, 0.1) is 6.54 Å². The van der Waals surface area contributed by atoms with Crippen LogP contribution in [0, 0.1) is 13.8 Å². The van der Waals surface area contributed by atoms with Crippen LogP contribution in [-0.2, 0) is 48.6 Å². The Labute approximate surface area is 362 Å². The first-order valence-electron chi connectivity index (χ1n) is 20.3. The van der Waals surface area contributed by atoms with Gasteiger partial charge in [-0.2, -0.15) is 0 Å². The van der Waals surface area contributed by atoms with Crippen molar-refractivity contribution in [2.45, 2.75) is 52.9 Å². The number of amides is 1. The van der Waals surface area contributed by atoms with E-state index in [0.717, 1.165) is 51.6 Å². The van der Waals surface area contributed by atoms with E-state index >= 15 is 0 Å². The Balaban J connectivity index is 0.000000177. The summed E-state index contributed by atoms with van der Waals surface area (Å²) < 4.78 is 2.63. The lowest BCUT2D eigenvalue weighted by atomic mass is 10.1. The van der Waals surface area contributed by atoms with Crippen molar-refractivity contribution in [2.75, 3.05) is 23.7 Å². The summed E-state index contributed by atoms with van der Waals surface area (Å²) in [5.41, 5.74) is 12.2. The van der Waals surface area contributed by atoms with Gasteiger partial charge in [-0.1, -0.05) is 60.7 Å². The largest absolute Gasteiger partial charge is 0.480 e. The Morgan fingerprint density at radius 1 is 0.667 bits per heavy atom. The average Bonchev–Trinajstić information content (AvgIpc) is 3.93. The number of carboxylic acid groups (broad SMARTS) is 1. The molecular formula is C46H50N12O5. The zero-order valence-corrected chi connectivity index (χ0v) is 35.0. The highest BCUT2D eigenvalue weighted by Gasteiger charge is 2.13. The number of hydrogen-bond acceptors (Lipinski definition) is 11. The molecule has 17 nitrogen and oxygen atoms in total. The maximum atomic E-state index is 12.8. The van der Waals surface area contributed by atoms with Crippen LogP contribution < -0.4 is 32.8 Å². The molecule has 63 heavy (non-hydrogen) atoms. The second-order valence-electron chi connectivity index (χ2n) is 14.5. The number of carbonyl (C=O) groups excluding carboxylic acids is 1. The molecule has 0 saturated carbocycles. The summed E-state index contributed by atoms with van der Waals surface area (Å²) in [6.07, 6.45) is 11.7. The van der Waals surface area contributed by atoms with Gasteiger partial charge in [-0.05, 0) is 62.1 Å². The molecule has 0 fully saturated rings. The average molecular weight is 851 g/mol. The molecule has 324 valence electrons. The number of aromatic amines is 2. The number of benzene rings is 2. The number of hydrogen-bond donors (Lipinski definition) is 7. The highest BCUT2D eigenvalue weighted by Crippen LogP contribution is 2.14. The summed E-state index contributed by atoms with van der Waals surface area (Å²) in [4.78, 5) is 71.0. The van der Waals surface area contributed by atoms with E-state index in [1.807, 2.05) is 91.1 Å². The van der Waals surface area contributed by atoms with Gasteiger partial charge in [0.1, 0.15) is 13.1 Å². The molecule has 6 heterocycles. The SMILES string of the molecule is Cc1cnc(NCCc2ccccc2)c(=O)n1CC(=O)NCc1cc2cnccc2[nH]1.Cc1cnc(NCCc2ccccc2)c(=O)n1CC(=O)O.NCc1cc2cnccc2[nH]1. The van der Waals surface area contributed by atoms with Crippen molar-refractivity contribution in [1.29, 1.82) is 0 Å². The first-order chi connectivity index (χ1) is 30.6. The van der Waals surface area contributed by atoms with Crippen LogP contribution >= 0.6 is 0 Å². The number of carbonyl (C=O) groups is 2. The Hall–Kier alpha value is -7.92. The molecule has 0 spiro atoms. The summed E-state index contributed by atoms with van der Waals surface area (Å²) in [6, 6.07) is 27.7. The van der Waals surface area contributed by atoms with E-state index in [1.54, 1.807) is 38.6 Å². The maximum absolute atomic E-state index is 12.8. The van der Waals surface area contributed by atoms with Gasteiger partial charge in [-0.25, -0.2) is 9.97 Å². The smallest absolute Gasteiger partial charge is 0.323 e. The molecule has 0 aliphatic heterocycles. The van der Waals surface area contributed by atoms with E-state index in [1.165, 1.54) is 20.9 Å². The van der Waals surface area contributed by atoms with Crippen molar-refractivity contribution in [3.63, 3.8) is 0 Å². The molecule has 17 heteroatoms. The zero-order valence-electron chi connectivity index (χ0n) is 35.0. The molecule has 1 amide bonds. The van der Waals surface area contributed by atoms with Crippen molar-refractivity contribution in [1.82, 2.24) is 44.4 Å². The first kappa shape index (κ1) is 44.6. The van der Waals surface area contributed by atoms with Gasteiger partial charge in [0, 0.05) is 101 Å². The Morgan fingerprint density at radius 2 is 1.14 bits per heavy atom. The predicted molar refractivity (Wildman–Crippen MR) is 243 cm³/mol. The monoisotopic (exact) mass is 850 g/mol. The van der Waals surface area contributed by atoms with Crippen molar-refractivity contribution >= 4 is 45.3 Å². The number of aryl methyl sites for hydroxylation is 2. The molecular weight excluding hydrogens is 801 g/mol. The van der Waals surface area contributed by atoms with Gasteiger partial charge in [-0.3, -0.25) is 38.3 Å². The molecule has 0 aliphatic rings. The summed E-state index contributed by atoms with van der Waals surface area (Å²) >= 11 is 0. The van der Waals surface area contributed by atoms with Crippen molar-refractivity contribution < 1.29 is 14.7 Å². The Kier molecular flexibility index (Phi) is 15.6. The minimum absolute atomic E-state index is 0.0671. The molecule has 0 radical (unpaired) electrons. The van der Waals surface area contributed by atoms with E-state index in [4.69, 9.17) is 10.8 Å². The lowest BCUT2D eigenvalue weighted by Crippen LogP contribution is -2.34. The lowest BCUT2D eigenvalue weighted by Gasteiger charge is -2.12. The van der Waals surface area contributed by atoms with E-state index in [2.05, 4.69) is 45.9 Å². The van der Waals surface area contributed by atoms with E-state index < -0.39 is 11.5 Å². The van der Waals surface area contributed by atoms with Gasteiger partial charge < -0.3 is 36.8 Å². The van der Waals surface area contributed by atoms with Crippen LogP contribution in [0.15, 0.2) is 132 Å². The molecule has 8 rings (SSSR count). The van der Waals surface area contributed by atoms with Crippen LogP contribution in [0.5, 0.6) is 0 Å². The summed E-state index contributed by atoms with van der Waals surface area (Å²) in [5.74, 6) is -0.875. The number of fused-ring (bicyclic) bond motifs is 2. The second-order valence-corrected chi connectivity index (χ2v) is 14.5. The van der Waals surface area contributed by atoms with Crippen LogP contribution in [-0.4, -0.2) is 69.1 Å². The fourth-order valence-electron chi connectivity index (χ4n) is 6.52. The van der Waals surface area contributed by atoms with E-state index in [-0.39, 0.29) is 36.2 Å². The number of carboxylic acids is 1. The quantitative estimate of drug-likeness (QED) is 0.0742. The number of aliphatic carboxylic acids is 1. The Bertz CT molecular complexity index is 2810. The molecule has 6 aromatic heterocycles. The van der Waals surface area contributed by atoms with Crippen LogP contribution in [0.1, 0.15) is 33.9 Å². The van der Waals surface area contributed by atoms with Crippen molar-refractivity contribution in [3.05, 3.63) is 177 Å². The third kappa shape index (κ3) is 12.8. The van der Waals surface area contributed by atoms with Crippen molar-refractivity contribution in [2.24, 2.45) is 5.73 Å². The maximum Gasteiger partial charge on any atom is 0.323 e. The standard InChI is InChI=1S/C23H24N6O2.C15H17N3O3.C8H9N3/c1-16-12-27-22(25-10-7-17-5-3-2-4-6-17)23(31)29(16)15-21(30)26-14-19-11-18-13-24-9-8-20(18)28-19;1-11-9-17-14(15(21)18(11)10-13(19)20)16-8-7-12-5-3-2-4-6-12;9-4-7-3-6-5-10-2-1-8(6)11-7/h2-6,8-9,11-13,28H,7,10,14-15H2,1H3,(H,25,27)(H,26,30);2-6,9H,7-8,10H2,1H3,(H,16,17)(H,19,20);1-3,5,11H,4,9H2. The summed E-state index contributed by atoms with van der Waals surface area (Å²) in [6.45, 7) is 5.02. The van der Waals surface area contributed by atoms with Crippen LogP contribution in [0.25, 0.3) is 21.8 Å². The fraction of sp³-hybridized carbons (Fsp3) is 0.217. The topological polar surface area (TPSA) is 244 Å². The molecule has 0 atom stereocenters. The lowest BCUT2D eigenvalue weighted by molar-refractivity contribution is -0.137. The van der Waals surface area contributed by atoms with Gasteiger partial charge in [0.15, 0.2) is 11.6 Å². The van der Waals surface area contributed by atoms with E-state index in [0.29, 0.717) is 37.6 Å². The number of pyridine rings is 2. The Morgan fingerprint density at radius 3 is 1.62 bits per heavy atom. The van der Waals surface area contributed by atoms with Gasteiger partial charge in [-0.15, -0.1) is 0 Å². The van der Waals surface area contributed by atoms with Gasteiger partial charge >= 0.3 is 5.97 Å². The van der Waals surface area contributed by atoms with Crippen LogP contribution in [0.4, 0.5) is 11.6 Å². The number of anilines is 2. The normalized spacial score (nSPS) is 10.7. The second kappa shape index (κ2) is 22.1. The zero-order chi connectivity index (χ0) is 44.6. The highest BCUT2D eigenvalue weighted by atomic mass is 16.4. The number of nitrogens with one attached hydrogen (secondary N) is 5. The molecule has 0 saturated heterocycles. The fourth-order valence-corrected chi connectivity index (χ4v) is 6.52. The number of nitrogens with two attached hydrogens (primary N) is 1. The minimum atomic E-state index is -1.05. The molecule has 8 N–H and O–H groups in total. The summed E-state index contributed by atoms with van der Waals surface area (Å²) in [5, 5.41) is 19.8. The minimum Gasteiger partial charge on any atom is -0.480 e. The number of H-pyrrole nitrogens is 2. The first-order valence-corrected chi connectivity index (χ1v) is 20.3. The number of rotatable bonds is 15. The third-order valence-electron chi connectivity index (χ3n) is 9.85. The van der Waals surface area contributed by atoms with Crippen LogP contribution in [0.2, 0.25) is 0 Å². The van der Waals surface area contributed by atoms with Gasteiger partial charge in [0.25, 0.3) is 11.1 Å². The third-order valence-corrected chi connectivity index (χ3v) is 9.85. The molecule has 0 unspecified atom stereocenters. The molecule has 2 aromatic carbocycles. The number of aromatic nitrogens is 8. The number of nitrogens with zero attached hydrogens (tertiary/aromatic N) is 6. The molecule has 0 bridgehead atoms. The van der Waals surface area contributed by atoms with Gasteiger partial charge in [0.2, 0.25) is 5.91 Å². The van der Waals surface area contributed by atoms with Crippen LogP contribution in [0.3, 0.4) is 0 Å². The van der Waals surface area contributed by atoms with E-state index in [9.17, 15) is 19.2 Å². The predicted octanol–water partition coefficient (Wildman–Crippen LogP) is 4.71.